The lowest BCUT2D eigenvalue weighted by Crippen LogP contribution is -2.15. The largest absolute Gasteiger partial charge is 0.312 e. The zero-order valence-corrected chi connectivity index (χ0v) is 9.59. The Kier molecular flexibility index (Phi) is 2.55. The third-order valence-corrected chi connectivity index (χ3v) is 2.84. The second-order valence-electron chi connectivity index (χ2n) is 2.74. The summed E-state index contributed by atoms with van der Waals surface area (Å²) in [7, 11) is 0. The molecule has 0 spiro atoms. The molecule has 0 unspecified atom stereocenters. The number of nitrogens with one attached hydrogen (secondary N) is 1. The highest BCUT2D eigenvalue weighted by atomic mass is 127. The van der Waals surface area contributed by atoms with Crippen molar-refractivity contribution in [3.8, 4) is 11.9 Å². The third-order valence-electron chi connectivity index (χ3n) is 1.87. The third kappa shape index (κ3) is 1.66. The van der Waals surface area contributed by atoms with Gasteiger partial charge in [0.25, 0.3) is 5.56 Å². The fourth-order valence-electron chi connectivity index (χ4n) is 1.20. The second-order valence-corrected chi connectivity index (χ2v) is 3.82. The quantitative estimate of drug-likeness (QED) is 0.800. The smallest absolute Gasteiger partial charge is 0.266 e. The molecule has 2 aromatic heterocycles. The lowest BCUT2D eigenvalue weighted by atomic mass is 10.4. The van der Waals surface area contributed by atoms with E-state index in [0.717, 1.165) is 0 Å². The molecular formula is C9H5IN4O. The molecule has 1 N–H and O–H groups in total. The van der Waals surface area contributed by atoms with Crippen molar-refractivity contribution in [1.82, 2.24) is 14.5 Å². The summed E-state index contributed by atoms with van der Waals surface area (Å²) in [5.74, 6) is 0.473. The average molecular weight is 312 g/mol. The summed E-state index contributed by atoms with van der Waals surface area (Å²) >= 11 is 1.90. The van der Waals surface area contributed by atoms with Crippen LogP contribution < -0.4 is 5.56 Å². The highest BCUT2D eigenvalue weighted by Gasteiger charge is 2.09. The Morgan fingerprint density at radius 1 is 1.60 bits per heavy atom. The van der Waals surface area contributed by atoms with Crippen molar-refractivity contribution in [3.63, 3.8) is 0 Å². The molecule has 2 rings (SSSR count). The van der Waals surface area contributed by atoms with Crippen LogP contribution in [-0.4, -0.2) is 14.5 Å². The summed E-state index contributed by atoms with van der Waals surface area (Å²) in [5.41, 5.74) is 0.240. The Morgan fingerprint density at radius 3 is 3.13 bits per heavy atom. The normalized spacial score (nSPS) is 9.87. The Labute approximate surface area is 98.5 Å². The number of halogens is 1. The van der Waals surface area contributed by atoms with E-state index in [1.54, 1.807) is 22.9 Å². The van der Waals surface area contributed by atoms with Gasteiger partial charge in [0, 0.05) is 6.20 Å². The Bertz CT molecular complexity index is 593. The van der Waals surface area contributed by atoms with Gasteiger partial charge in [0.15, 0.2) is 5.82 Å². The van der Waals surface area contributed by atoms with Gasteiger partial charge in [-0.3, -0.25) is 9.36 Å². The monoisotopic (exact) mass is 312 g/mol. The maximum absolute atomic E-state index is 11.3. The fraction of sp³-hybridized carbons (Fsp3) is 0. The zero-order valence-electron chi connectivity index (χ0n) is 7.44. The molecule has 74 valence electrons. The summed E-state index contributed by atoms with van der Waals surface area (Å²) in [6, 6.07) is 5.43. The highest BCUT2D eigenvalue weighted by molar-refractivity contribution is 14.1. The summed E-state index contributed by atoms with van der Waals surface area (Å²) in [6.07, 6.45) is 3.02. The zero-order chi connectivity index (χ0) is 10.8. The van der Waals surface area contributed by atoms with Crippen LogP contribution in [0, 0.1) is 14.9 Å². The first-order valence-electron chi connectivity index (χ1n) is 4.05. The summed E-state index contributed by atoms with van der Waals surface area (Å²) < 4.78 is 2.04. The van der Waals surface area contributed by atoms with Crippen LogP contribution >= 0.6 is 22.6 Å². The molecule has 0 aliphatic heterocycles. The molecule has 0 fully saturated rings. The first-order valence-corrected chi connectivity index (χ1v) is 5.13. The van der Waals surface area contributed by atoms with Crippen LogP contribution in [0.3, 0.4) is 0 Å². The summed E-state index contributed by atoms with van der Waals surface area (Å²) in [5, 5.41) is 8.84. The van der Waals surface area contributed by atoms with E-state index >= 15 is 0 Å². The maximum atomic E-state index is 11.3. The van der Waals surface area contributed by atoms with Gasteiger partial charge in [-0.1, -0.05) is 0 Å². The predicted molar refractivity (Wildman–Crippen MR) is 61.6 cm³/mol. The lowest BCUT2D eigenvalue weighted by molar-refractivity contribution is 0.941. The molecule has 2 heterocycles. The number of aromatic amines is 1. The minimum Gasteiger partial charge on any atom is -0.312 e. The molecule has 0 aromatic carbocycles. The predicted octanol–water partition coefficient (Wildman–Crippen LogP) is 1.04. The van der Waals surface area contributed by atoms with E-state index in [1.165, 1.54) is 6.33 Å². The van der Waals surface area contributed by atoms with Crippen LogP contribution in [0.15, 0.2) is 29.5 Å². The van der Waals surface area contributed by atoms with Gasteiger partial charge in [-0.25, -0.2) is 4.98 Å². The van der Waals surface area contributed by atoms with E-state index in [4.69, 9.17) is 5.26 Å². The van der Waals surface area contributed by atoms with Crippen molar-refractivity contribution < 1.29 is 0 Å². The SMILES string of the molecule is N#Cc1cccn1-c1nc[nH]c(=O)c1I. The van der Waals surface area contributed by atoms with E-state index in [2.05, 4.69) is 9.97 Å². The average Bonchev–Trinajstić information content (AvgIpc) is 2.70. The van der Waals surface area contributed by atoms with Gasteiger partial charge < -0.3 is 4.98 Å². The van der Waals surface area contributed by atoms with E-state index in [1.807, 2.05) is 28.7 Å². The van der Waals surface area contributed by atoms with Gasteiger partial charge >= 0.3 is 0 Å². The Hall–Kier alpha value is -1.62. The van der Waals surface area contributed by atoms with E-state index in [0.29, 0.717) is 15.1 Å². The van der Waals surface area contributed by atoms with E-state index in [-0.39, 0.29) is 5.56 Å². The Morgan fingerprint density at radius 2 is 2.40 bits per heavy atom. The molecule has 6 heteroatoms. The van der Waals surface area contributed by atoms with Crippen molar-refractivity contribution in [2.24, 2.45) is 0 Å². The molecule has 0 amide bonds. The Balaban J connectivity index is 2.71. The van der Waals surface area contributed by atoms with Crippen LogP contribution in [0.2, 0.25) is 0 Å². The minimum atomic E-state index is -0.210. The van der Waals surface area contributed by atoms with Crippen LogP contribution in [0.1, 0.15) is 5.69 Å². The summed E-state index contributed by atoms with van der Waals surface area (Å²) in [4.78, 5) is 17.8. The maximum Gasteiger partial charge on any atom is 0.266 e. The topological polar surface area (TPSA) is 74.5 Å². The van der Waals surface area contributed by atoms with Crippen molar-refractivity contribution in [2.75, 3.05) is 0 Å². The molecule has 5 nitrogen and oxygen atoms in total. The van der Waals surface area contributed by atoms with E-state index < -0.39 is 0 Å². The van der Waals surface area contributed by atoms with Gasteiger partial charge in [-0.05, 0) is 34.7 Å². The van der Waals surface area contributed by atoms with Gasteiger partial charge in [-0.2, -0.15) is 5.26 Å². The van der Waals surface area contributed by atoms with Crippen molar-refractivity contribution in [1.29, 1.82) is 5.26 Å². The number of hydrogen-bond donors (Lipinski definition) is 1. The molecular weight excluding hydrogens is 307 g/mol. The molecule has 0 saturated carbocycles. The molecule has 15 heavy (non-hydrogen) atoms. The van der Waals surface area contributed by atoms with Gasteiger partial charge in [0.05, 0.1) is 6.33 Å². The molecule has 0 aliphatic rings. The molecule has 0 aliphatic carbocycles. The number of H-pyrrole nitrogens is 1. The molecule has 0 radical (unpaired) electrons. The molecule has 0 atom stereocenters. The van der Waals surface area contributed by atoms with Crippen molar-refractivity contribution >= 4 is 22.6 Å². The first-order chi connectivity index (χ1) is 7.24. The van der Waals surface area contributed by atoms with Crippen LogP contribution in [0.5, 0.6) is 0 Å². The van der Waals surface area contributed by atoms with Crippen LogP contribution in [0.25, 0.3) is 5.82 Å². The molecule has 0 bridgehead atoms. The van der Waals surface area contributed by atoms with Gasteiger partial charge in [-0.15, -0.1) is 0 Å². The van der Waals surface area contributed by atoms with Gasteiger partial charge in [0.2, 0.25) is 0 Å². The fourth-order valence-corrected chi connectivity index (χ4v) is 1.75. The number of rotatable bonds is 1. The van der Waals surface area contributed by atoms with Gasteiger partial charge in [0.1, 0.15) is 15.3 Å². The molecule has 0 saturated heterocycles. The number of aromatic nitrogens is 3. The van der Waals surface area contributed by atoms with Crippen molar-refractivity contribution in [3.05, 3.63) is 44.3 Å². The van der Waals surface area contributed by atoms with Crippen molar-refractivity contribution in [2.45, 2.75) is 0 Å². The molecule has 2 aromatic rings. The first kappa shape index (κ1) is 9.92. The van der Waals surface area contributed by atoms with Crippen LogP contribution in [0.4, 0.5) is 0 Å². The summed E-state index contributed by atoms with van der Waals surface area (Å²) in [6.45, 7) is 0. The number of nitriles is 1. The minimum absolute atomic E-state index is 0.210. The second kappa shape index (κ2) is 3.86. The lowest BCUT2D eigenvalue weighted by Gasteiger charge is -2.04. The van der Waals surface area contributed by atoms with Crippen LogP contribution in [-0.2, 0) is 0 Å². The standard InChI is InChI=1S/C9H5IN4O/c10-7-8(12-5-13-9(7)15)14-3-1-2-6(14)4-11/h1-3,5H,(H,12,13,15). The number of nitrogens with zero attached hydrogens (tertiary/aromatic N) is 3. The van der Waals surface area contributed by atoms with E-state index in [9.17, 15) is 4.79 Å². The number of hydrogen-bond acceptors (Lipinski definition) is 3. The highest BCUT2D eigenvalue weighted by Crippen LogP contribution is 2.12.